The number of aliphatic hydroxyl groups excluding tert-OH is 1. The Morgan fingerprint density at radius 1 is 0.821 bits per heavy atom. The number of aliphatic hydroxyl groups is 1. The molecule has 0 aliphatic carbocycles. The largest absolute Gasteiger partial charge is 0.465 e. The second-order valence-electron chi connectivity index (χ2n) is 6.81. The first-order chi connectivity index (χ1) is 13.4. The van der Waals surface area contributed by atoms with Crippen LogP contribution in [0.1, 0.15) is 79.1 Å². The molecule has 2 unspecified atom stereocenters. The summed E-state index contributed by atoms with van der Waals surface area (Å²) in [7, 11) is -3.59. The molecule has 8 nitrogen and oxygen atoms in total. The van der Waals surface area contributed by atoms with E-state index in [0.29, 0.717) is 26.1 Å². The van der Waals surface area contributed by atoms with Crippen molar-refractivity contribution in [2.45, 2.75) is 91.1 Å². The summed E-state index contributed by atoms with van der Waals surface area (Å²) in [6, 6.07) is -1.66. The number of hydrogen-bond donors (Lipinski definition) is 3. The zero-order chi connectivity index (χ0) is 21.4. The predicted molar refractivity (Wildman–Crippen MR) is 110 cm³/mol. The van der Waals surface area contributed by atoms with E-state index in [9.17, 15) is 19.3 Å². The number of nitrogens with one attached hydrogen (secondary N) is 2. The smallest absolute Gasteiger partial charge is 0.323 e. The maximum absolute atomic E-state index is 13.0. The molecule has 0 aliphatic rings. The first-order valence-electron chi connectivity index (χ1n) is 10.5. The molecule has 28 heavy (non-hydrogen) atoms. The van der Waals surface area contributed by atoms with Crippen LogP contribution in [0.3, 0.4) is 0 Å². The minimum atomic E-state index is -3.59. The first-order valence-corrected chi connectivity index (χ1v) is 12.3. The molecule has 0 spiro atoms. The van der Waals surface area contributed by atoms with Crippen molar-refractivity contribution in [3.05, 3.63) is 0 Å². The molecule has 0 amide bonds. The summed E-state index contributed by atoms with van der Waals surface area (Å²) in [5.41, 5.74) is 0. The Bertz CT molecular complexity index is 451. The van der Waals surface area contributed by atoms with Gasteiger partial charge in [0.15, 0.2) is 0 Å². The van der Waals surface area contributed by atoms with E-state index in [4.69, 9.17) is 9.47 Å². The fraction of sp³-hybridized carbons (Fsp3) is 0.895. The van der Waals surface area contributed by atoms with Gasteiger partial charge in [-0.05, 0) is 25.7 Å². The molecule has 166 valence electrons. The summed E-state index contributed by atoms with van der Waals surface area (Å²) in [4.78, 5) is 24.4. The Kier molecular flexibility index (Phi) is 15.4. The van der Waals surface area contributed by atoms with Gasteiger partial charge in [0, 0.05) is 0 Å². The molecule has 9 heteroatoms. The fourth-order valence-corrected chi connectivity index (χ4v) is 4.32. The summed E-state index contributed by atoms with van der Waals surface area (Å²) < 4.78 is 23.4. The molecule has 2 atom stereocenters. The molecule has 0 aromatic carbocycles. The quantitative estimate of drug-likeness (QED) is 0.186. The van der Waals surface area contributed by atoms with Crippen molar-refractivity contribution in [1.82, 2.24) is 10.2 Å². The lowest BCUT2D eigenvalue weighted by atomic mass is 10.2. The topological polar surface area (TPSA) is 114 Å². The van der Waals surface area contributed by atoms with Gasteiger partial charge >= 0.3 is 11.9 Å². The van der Waals surface area contributed by atoms with Crippen molar-refractivity contribution >= 4 is 19.4 Å². The van der Waals surface area contributed by atoms with Crippen LogP contribution >= 0.6 is 7.44 Å². The monoisotopic (exact) mass is 422 g/mol. The Morgan fingerprint density at radius 2 is 1.21 bits per heavy atom. The third-order valence-electron chi connectivity index (χ3n) is 4.30. The van der Waals surface area contributed by atoms with Crippen LogP contribution in [0, 0.1) is 0 Å². The number of esters is 2. The van der Waals surface area contributed by atoms with Crippen LogP contribution in [0.4, 0.5) is 0 Å². The van der Waals surface area contributed by atoms with Crippen molar-refractivity contribution in [2.24, 2.45) is 0 Å². The highest BCUT2D eigenvalue weighted by Crippen LogP contribution is 2.37. The average Bonchev–Trinajstić information content (AvgIpc) is 2.70. The van der Waals surface area contributed by atoms with Gasteiger partial charge in [-0.1, -0.05) is 53.4 Å². The standard InChI is InChI=1S/C19H39N2O6P/c1-5-9-11-13-26-18(23)16(7-3)20-28(25,15-22)21-17(8-4)19(24)27-14-12-10-6-2/h16-17,22H,5-15H2,1-4H3,(H2,20,21,25). The Labute approximate surface area is 169 Å². The Balaban J connectivity index is 4.78. The SMILES string of the molecule is CCCCCOC(=O)C(CC)NP(=O)(CO)NC(CC)C(=O)OCCCCC. The molecule has 0 saturated carbocycles. The van der Waals surface area contributed by atoms with Crippen molar-refractivity contribution in [3.63, 3.8) is 0 Å². The van der Waals surface area contributed by atoms with E-state index in [1.54, 1.807) is 13.8 Å². The first kappa shape index (κ1) is 27.0. The zero-order valence-electron chi connectivity index (χ0n) is 17.9. The van der Waals surface area contributed by atoms with Gasteiger partial charge in [0.05, 0.1) is 13.2 Å². The molecule has 0 aromatic rings. The molecule has 0 radical (unpaired) electrons. The van der Waals surface area contributed by atoms with Crippen LogP contribution in [0.15, 0.2) is 0 Å². The summed E-state index contributed by atoms with van der Waals surface area (Å²) >= 11 is 0. The van der Waals surface area contributed by atoms with Gasteiger partial charge in [-0.3, -0.25) is 14.2 Å². The van der Waals surface area contributed by atoms with Gasteiger partial charge in [-0.2, -0.15) is 0 Å². The van der Waals surface area contributed by atoms with Crippen LogP contribution in [0.2, 0.25) is 0 Å². The maximum Gasteiger partial charge on any atom is 0.323 e. The molecule has 0 aromatic heterocycles. The molecule has 0 aliphatic heterocycles. The highest BCUT2D eigenvalue weighted by atomic mass is 31.2. The molecule has 0 fully saturated rings. The lowest BCUT2D eigenvalue weighted by molar-refractivity contribution is -0.146. The normalized spacial score (nSPS) is 15.5. The number of hydrogen-bond acceptors (Lipinski definition) is 6. The third kappa shape index (κ3) is 11.1. The minimum absolute atomic E-state index is 0.309. The highest BCUT2D eigenvalue weighted by molar-refractivity contribution is 7.59. The van der Waals surface area contributed by atoms with E-state index < -0.39 is 37.8 Å². The summed E-state index contributed by atoms with van der Waals surface area (Å²) in [6.45, 7) is 8.24. The number of rotatable bonds is 17. The minimum Gasteiger partial charge on any atom is -0.465 e. The lowest BCUT2D eigenvalue weighted by Crippen LogP contribution is -2.44. The molecular weight excluding hydrogens is 383 g/mol. The second-order valence-corrected chi connectivity index (χ2v) is 9.09. The van der Waals surface area contributed by atoms with E-state index in [0.717, 1.165) is 38.5 Å². The van der Waals surface area contributed by atoms with Gasteiger partial charge < -0.3 is 14.6 Å². The van der Waals surface area contributed by atoms with Gasteiger partial charge in [-0.15, -0.1) is 0 Å². The Morgan fingerprint density at radius 3 is 1.50 bits per heavy atom. The molecule has 3 N–H and O–H groups in total. The van der Waals surface area contributed by atoms with E-state index in [-0.39, 0.29) is 0 Å². The average molecular weight is 423 g/mol. The second kappa shape index (κ2) is 15.9. The van der Waals surface area contributed by atoms with Crippen molar-refractivity contribution in [1.29, 1.82) is 0 Å². The van der Waals surface area contributed by atoms with E-state index >= 15 is 0 Å². The van der Waals surface area contributed by atoms with Crippen molar-refractivity contribution in [2.75, 3.05) is 19.6 Å². The van der Waals surface area contributed by atoms with Crippen LogP contribution in [-0.4, -0.2) is 48.7 Å². The van der Waals surface area contributed by atoms with Gasteiger partial charge in [-0.25, -0.2) is 10.2 Å². The Hall–Kier alpha value is -0.950. The molecule has 0 saturated heterocycles. The maximum atomic E-state index is 13.0. The fourth-order valence-electron chi connectivity index (χ4n) is 2.49. The molecular formula is C19H39N2O6P. The number of carbonyl (C=O) groups is 2. The number of carbonyl (C=O) groups excluding carboxylic acids is 2. The van der Waals surface area contributed by atoms with Crippen LogP contribution < -0.4 is 10.2 Å². The molecule has 0 heterocycles. The van der Waals surface area contributed by atoms with Gasteiger partial charge in [0.25, 0.3) is 0 Å². The van der Waals surface area contributed by atoms with Crippen LogP contribution in [-0.2, 0) is 23.6 Å². The predicted octanol–water partition coefficient (Wildman–Crippen LogP) is 3.33. The number of unbranched alkanes of at least 4 members (excludes halogenated alkanes) is 4. The van der Waals surface area contributed by atoms with Gasteiger partial charge in [0.2, 0.25) is 7.44 Å². The summed E-state index contributed by atoms with van der Waals surface area (Å²) in [6.07, 6.45) is 5.47. The van der Waals surface area contributed by atoms with Crippen molar-refractivity contribution < 1.29 is 28.7 Å². The third-order valence-corrected chi connectivity index (χ3v) is 6.15. The number of ether oxygens (including phenoxy) is 2. The van der Waals surface area contributed by atoms with Crippen molar-refractivity contribution in [3.8, 4) is 0 Å². The molecule has 0 rings (SSSR count). The lowest BCUT2D eigenvalue weighted by Gasteiger charge is -2.27. The van der Waals surface area contributed by atoms with E-state index in [2.05, 4.69) is 24.0 Å². The highest BCUT2D eigenvalue weighted by Gasteiger charge is 2.33. The van der Waals surface area contributed by atoms with E-state index in [1.807, 2.05) is 0 Å². The van der Waals surface area contributed by atoms with Crippen LogP contribution in [0.5, 0.6) is 0 Å². The molecule has 0 bridgehead atoms. The zero-order valence-corrected chi connectivity index (χ0v) is 18.8. The van der Waals surface area contributed by atoms with E-state index in [1.165, 1.54) is 0 Å². The summed E-state index contributed by atoms with van der Waals surface area (Å²) in [5, 5.41) is 15.0. The van der Waals surface area contributed by atoms with Gasteiger partial charge in [0.1, 0.15) is 18.4 Å². The van der Waals surface area contributed by atoms with Crippen LogP contribution in [0.25, 0.3) is 0 Å². The summed E-state index contributed by atoms with van der Waals surface area (Å²) in [5.74, 6) is -1.02.